The van der Waals surface area contributed by atoms with Crippen molar-refractivity contribution in [2.75, 3.05) is 11.9 Å². The van der Waals surface area contributed by atoms with Crippen LogP contribution in [0.1, 0.15) is 19.5 Å². The van der Waals surface area contributed by atoms with Crippen molar-refractivity contribution in [1.82, 2.24) is 19.4 Å². The lowest BCUT2D eigenvalue weighted by atomic mass is 10.3. The predicted octanol–water partition coefficient (Wildman–Crippen LogP) is 2.79. The highest BCUT2D eigenvalue weighted by molar-refractivity contribution is 5.57. The minimum atomic E-state index is 0.670. The third-order valence-corrected chi connectivity index (χ3v) is 3.09. The molecule has 5 nitrogen and oxygen atoms in total. The van der Waals surface area contributed by atoms with Gasteiger partial charge in [0.05, 0.1) is 0 Å². The number of anilines is 1. The van der Waals surface area contributed by atoms with Crippen molar-refractivity contribution < 1.29 is 0 Å². The molecule has 0 aromatic carbocycles. The normalized spacial score (nSPS) is 10.9. The van der Waals surface area contributed by atoms with E-state index in [2.05, 4.69) is 34.1 Å². The number of hydrogen-bond acceptors (Lipinski definition) is 4. The first-order valence-electron chi connectivity index (χ1n) is 6.86. The molecule has 0 radical (unpaired) electrons. The molecule has 1 N–H and O–H groups in total. The summed E-state index contributed by atoms with van der Waals surface area (Å²) >= 11 is 0. The number of nitrogens with one attached hydrogen (secondary N) is 1. The Morgan fingerprint density at radius 1 is 1.15 bits per heavy atom. The Kier molecular flexibility index (Phi) is 3.33. The van der Waals surface area contributed by atoms with Gasteiger partial charge in [0.15, 0.2) is 5.82 Å². The van der Waals surface area contributed by atoms with Gasteiger partial charge >= 0.3 is 0 Å². The lowest BCUT2D eigenvalue weighted by molar-refractivity contribution is 0.994. The summed E-state index contributed by atoms with van der Waals surface area (Å²) in [6.07, 6.45) is 4.81. The Hall–Kier alpha value is -2.43. The Morgan fingerprint density at radius 2 is 2.05 bits per heavy atom. The first-order chi connectivity index (χ1) is 9.80. The van der Waals surface area contributed by atoms with Crippen LogP contribution in [0.4, 0.5) is 5.82 Å². The van der Waals surface area contributed by atoms with E-state index < -0.39 is 0 Å². The Bertz CT molecular complexity index is 699. The van der Waals surface area contributed by atoms with Crippen LogP contribution in [-0.4, -0.2) is 25.9 Å². The van der Waals surface area contributed by atoms with E-state index in [0.717, 1.165) is 35.8 Å². The van der Waals surface area contributed by atoms with Crippen LogP contribution in [0.3, 0.4) is 0 Å². The fraction of sp³-hybridized carbons (Fsp3) is 0.267. The van der Waals surface area contributed by atoms with Crippen LogP contribution >= 0.6 is 0 Å². The van der Waals surface area contributed by atoms with Crippen molar-refractivity contribution in [2.24, 2.45) is 0 Å². The predicted molar refractivity (Wildman–Crippen MR) is 79.8 cm³/mol. The number of pyridine rings is 1. The summed E-state index contributed by atoms with van der Waals surface area (Å²) in [5, 5.41) is 3.24. The summed E-state index contributed by atoms with van der Waals surface area (Å²) in [6.45, 7) is 4.98. The van der Waals surface area contributed by atoms with Gasteiger partial charge < -0.3 is 9.72 Å². The summed E-state index contributed by atoms with van der Waals surface area (Å²) < 4.78 is 1.98. The molecule has 0 fully saturated rings. The minimum absolute atomic E-state index is 0.670. The molecular weight excluding hydrogens is 250 g/mol. The van der Waals surface area contributed by atoms with E-state index in [0.29, 0.717) is 5.82 Å². The quantitative estimate of drug-likeness (QED) is 0.789. The van der Waals surface area contributed by atoms with Crippen LogP contribution < -0.4 is 5.32 Å². The van der Waals surface area contributed by atoms with Gasteiger partial charge in [0.25, 0.3) is 0 Å². The van der Waals surface area contributed by atoms with Crippen molar-refractivity contribution in [2.45, 2.75) is 20.3 Å². The van der Waals surface area contributed by atoms with Crippen LogP contribution in [0.2, 0.25) is 0 Å². The largest absolute Gasteiger partial charge is 0.370 e. The van der Waals surface area contributed by atoms with Crippen LogP contribution in [0.5, 0.6) is 0 Å². The van der Waals surface area contributed by atoms with Crippen molar-refractivity contribution in [1.29, 1.82) is 0 Å². The molecule has 0 amide bonds. The van der Waals surface area contributed by atoms with E-state index in [1.807, 2.05) is 41.1 Å². The molecule has 0 aliphatic heterocycles. The van der Waals surface area contributed by atoms with Gasteiger partial charge in [0.2, 0.25) is 0 Å². The standard InChI is InChI=1S/C15H17N5/c1-3-11-9-13(16-4-2)19-15(17-11)12-10-20-8-6-5-7-14(20)18-12/h5-10H,3-4H2,1-2H3,(H,16,17,19). The topological polar surface area (TPSA) is 55.1 Å². The van der Waals surface area contributed by atoms with E-state index in [1.165, 1.54) is 0 Å². The molecule has 0 spiro atoms. The molecule has 3 aromatic heterocycles. The lowest BCUT2D eigenvalue weighted by Crippen LogP contribution is -2.03. The maximum atomic E-state index is 4.57. The van der Waals surface area contributed by atoms with Crippen LogP contribution in [-0.2, 0) is 6.42 Å². The Balaban J connectivity index is 2.09. The molecule has 0 aliphatic rings. The van der Waals surface area contributed by atoms with Gasteiger partial charge in [-0.1, -0.05) is 13.0 Å². The highest BCUT2D eigenvalue weighted by Gasteiger charge is 2.09. The first-order valence-corrected chi connectivity index (χ1v) is 6.86. The number of aromatic nitrogens is 4. The molecule has 5 heteroatoms. The van der Waals surface area contributed by atoms with Crippen LogP contribution in [0.25, 0.3) is 17.2 Å². The van der Waals surface area contributed by atoms with E-state index in [9.17, 15) is 0 Å². The molecule has 102 valence electrons. The Morgan fingerprint density at radius 3 is 2.80 bits per heavy atom. The second-order valence-electron chi connectivity index (χ2n) is 4.54. The van der Waals surface area contributed by atoms with E-state index in [-0.39, 0.29) is 0 Å². The van der Waals surface area contributed by atoms with Crippen molar-refractivity contribution in [3.63, 3.8) is 0 Å². The monoisotopic (exact) mass is 267 g/mol. The molecule has 0 saturated heterocycles. The van der Waals surface area contributed by atoms with Crippen molar-refractivity contribution >= 4 is 11.5 Å². The molecule has 0 unspecified atom stereocenters. The minimum Gasteiger partial charge on any atom is -0.370 e. The lowest BCUT2D eigenvalue weighted by Gasteiger charge is -2.06. The maximum absolute atomic E-state index is 4.57. The second-order valence-corrected chi connectivity index (χ2v) is 4.54. The van der Waals surface area contributed by atoms with Gasteiger partial charge in [-0.25, -0.2) is 15.0 Å². The fourth-order valence-corrected chi connectivity index (χ4v) is 2.11. The molecule has 3 aromatic rings. The summed E-state index contributed by atoms with van der Waals surface area (Å²) in [6, 6.07) is 7.91. The van der Waals surface area contributed by atoms with E-state index in [4.69, 9.17) is 0 Å². The van der Waals surface area contributed by atoms with Crippen molar-refractivity contribution in [3.8, 4) is 11.5 Å². The zero-order valence-electron chi connectivity index (χ0n) is 11.7. The van der Waals surface area contributed by atoms with Gasteiger partial charge in [-0.3, -0.25) is 0 Å². The number of imidazole rings is 1. The molecule has 3 heterocycles. The van der Waals surface area contributed by atoms with Gasteiger partial charge in [0.1, 0.15) is 17.2 Å². The van der Waals surface area contributed by atoms with E-state index >= 15 is 0 Å². The smallest absolute Gasteiger partial charge is 0.182 e. The summed E-state index contributed by atoms with van der Waals surface area (Å²) in [7, 11) is 0. The SMILES string of the molecule is CCNc1cc(CC)nc(-c2cn3ccccc3n2)n1. The number of fused-ring (bicyclic) bond motifs is 1. The molecular formula is C15H17N5. The van der Waals surface area contributed by atoms with Gasteiger partial charge in [-0.15, -0.1) is 0 Å². The summed E-state index contributed by atoms with van der Waals surface area (Å²) in [5.74, 6) is 1.52. The maximum Gasteiger partial charge on any atom is 0.182 e. The molecule has 0 aliphatic carbocycles. The van der Waals surface area contributed by atoms with Gasteiger partial charge in [-0.05, 0) is 25.5 Å². The van der Waals surface area contributed by atoms with Crippen molar-refractivity contribution in [3.05, 3.63) is 42.4 Å². The zero-order valence-corrected chi connectivity index (χ0v) is 11.7. The molecule has 0 atom stereocenters. The van der Waals surface area contributed by atoms with Gasteiger partial charge in [-0.2, -0.15) is 0 Å². The number of rotatable bonds is 4. The number of nitrogens with zero attached hydrogens (tertiary/aromatic N) is 4. The highest BCUT2D eigenvalue weighted by Crippen LogP contribution is 2.18. The van der Waals surface area contributed by atoms with E-state index in [1.54, 1.807) is 0 Å². The third-order valence-electron chi connectivity index (χ3n) is 3.09. The number of aryl methyl sites for hydroxylation is 1. The third kappa shape index (κ3) is 2.34. The fourth-order valence-electron chi connectivity index (χ4n) is 2.11. The summed E-state index contributed by atoms with van der Waals surface area (Å²) in [4.78, 5) is 13.7. The zero-order chi connectivity index (χ0) is 13.9. The van der Waals surface area contributed by atoms with Crippen LogP contribution in [0.15, 0.2) is 36.7 Å². The molecule has 20 heavy (non-hydrogen) atoms. The first kappa shape index (κ1) is 12.6. The summed E-state index contributed by atoms with van der Waals surface area (Å²) in [5.41, 5.74) is 2.71. The second kappa shape index (κ2) is 5.28. The molecule has 3 rings (SSSR count). The highest BCUT2D eigenvalue weighted by atomic mass is 15.1. The average molecular weight is 267 g/mol. The average Bonchev–Trinajstić information content (AvgIpc) is 2.91. The molecule has 0 bridgehead atoms. The van der Waals surface area contributed by atoms with Crippen LogP contribution in [0, 0.1) is 0 Å². The number of hydrogen-bond donors (Lipinski definition) is 1. The Labute approximate surface area is 117 Å². The van der Waals surface area contributed by atoms with Gasteiger partial charge in [0, 0.05) is 30.7 Å². The molecule has 0 saturated carbocycles.